The number of hydrogen-bond acceptors (Lipinski definition) is 3. The van der Waals surface area contributed by atoms with Gasteiger partial charge in [0.1, 0.15) is 11.9 Å². The summed E-state index contributed by atoms with van der Waals surface area (Å²) in [6.45, 7) is 5.31. The minimum Gasteiger partial charge on any atom is -0.373 e. The second-order valence-corrected chi connectivity index (χ2v) is 9.09. The van der Waals surface area contributed by atoms with Crippen molar-refractivity contribution in [1.29, 1.82) is 0 Å². The summed E-state index contributed by atoms with van der Waals surface area (Å²) in [6.07, 6.45) is 6.94. The lowest BCUT2D eigenvalue weighted by atomic mass is 9.74. The van der Waals surface area contributed by atoms with E-state index in [4.69, 9.17) is 0 Å². The smallest absolute Gasteiger partial charge is 0.243 e. The molecule has 4 rings (SSSR count). The standard InChI is InChI=1S/C23H32FN3O2/c1-14-6-7-20(24)19-13-21(26-22(14)19)23(29)25-18-5-3-4-17(12-18)16-8-10-27(11-9-16)15(2)28/h6-7,16-18,21,26H,3-5,8-13H2,1-2H3,(H,25,29)/t17-,18-,21?/m1/s1. The SMILES string of the molecule is CC(=O)N1CCC([C@@H]2CCC[C@@H](NC(=O)C3Cc4c(F)ccc(C)c4N3)C2)CC1. The van der Waals surface area contributed by atoms with E-state index in [0.29, 0.717) is 23.8 Å². The first-order valence-electron chi connectivity index (χ1n) is 11.0. The minimum absolute atomic E-state index is 0.0166. The van der Waals surface area contributed by atoms with Crippen LogP contribution >= 0.6 is 0 Å². The highest BCUT2D eigenvalue weighted by Crippen LogP contribution is 2.36. The van der Waals surface area contributed by atoms with Crippen LogP contribution in [0.1, 0.15) is 56.6 Å². The molecule has 5 nitrogen and oxygen atoms in total. The number of nitrogens with one attached hydrogen (secondary N) is 2. The molecule has 2 N–H and O–H groups in total. The predicted octanol–water partition coefficient (Wildman–Crippen LogP) is 3.40. The van der Waals surface area contributed by atoms with E-state index in [1.54, 1.807) is 13.0 Å². The number of anilines is 1. The molecule has 0 bridgehead atoms. The quantitative estimate of drug-likeness (QED) is 0.816. The monoisotopic (exact) mass is 401 g/mol. The van der Waals surface area contributed by atoms with Crippen molar-refractivity contribution in [3.63, 3.8) is 0 Å². The molecule has 1 saturated carbocycles. The van der Waals surface area contributed by atoms with E-state index in [1.807, 2.05) is 11.8 Å². The van der Waals surface area contributed by atoms with E-state index in [1.165, 1.54) is 12.5 Å². The van der Waals surface area contributed by atoms with Gasteiger partial charge in [0.05, 0.1) is 0 Å². The number of hydrogen-bond donors (Lipinski definition) is 2. The second kappa shape index (κ2) is 8.33. The first kappa shape index (κ1) is 20.2. The molecule has 158 valence electrons. The van der Waals surface area contributed by atoms with Crippen molar-refractivity contribution in [2.24, 2.45) is 11.8 Å². The maximum atomic E-state index is 14.1. The topological polar surface area (TPSA) is 61.4 Å². The maximum absolute atomic E-state index is 14.1. The van der Waals surface area contributed by atoms with Gasteiger partial charge in [-0.05, 0) is 56.1 Å². The molecule has 3 aliphatic rings. The van der Waals surface area contributed by atoms with Crippen LogP contribution in [0.5, 0.6) is 0 Å². The number of likely N-dealkylation sites (tertiary alicyclic amines) is 1. The molecule has 29 heavy (non-hydrogen) atoms. The van der Waals surface area contributed by atoms with Crippen LogP contribution in [0.2, 0.25) is 0 Å². The van der Waals surface area contributed by atoms with Crippen molar-refractivity contribution in [3.8, 4) is 0 Å². The zero-order valence-electron chi connectivity index (χ0n) is 17.5. The van der Waals surface area contributed by atoms with Gasteiger partial charge in [-0.1, -0.05) is 18.9 Å². The fourth-order valence-electron chi connectivity index (χ4n) is 5.50. The third-order valence-electron chi connectivity index (χ3n) is 7.22. The molecular weight excluding hydrogens is 369 g/mol. The molecule has 1 unspecified atom stereocenters. The number of nitrogens with zero attached hydrogens (tertiary/aromatic N) is 1. The predicted molar refractivity (Wildman–Crippen MR) is 111 cm³/mol. The first-order valence-corrected chi connectivity index (χ1v) is 11.0. The summed E-state index contributed by atoms with van der Waals surface area (Å²) < 4.78 is 14.1. The van der Waals surface area contributed by atoms with E-state index < -0.39 is 0 Å². The van der Waals surface area contributed by atoms with E-state index in [-0.39, 0.29) is 29.7 Å². The lowest BCUT2D eigenvalue weighted by Gasteiger charge is -2.39. The molecule has 1 saturated heterocycles. The molecule has 1 aliphatic carbocycles. The van der Waals surface area contributed by atoms with Crippen molar-refractivity contribution in [3.05, 3.63) is 29.1 Å². The van der Waals surface area contributed by atoms with Crippen LogP contribution in [-0.2, 0) is 16.0 Å². The Morgan fingerprint density at radius 2 is 1.90 bits per heavy atom. The second-order valence-electron chi connectivity index (χ2n) is 9.09. The highest BCUT2D eigenvalue weighted by Gasteiger charge is 2.34. The van der Waals surface area contributed by atoms with Crippen molar-refractivity contribution in [2.75, 3.05) is 18.4 Å². The molecule has 0 spiro atoms. The van der Waals surface area contributed by atoms with E-state index in [9.17, 15) is 14.0 Å². The van der Waals surface area contributed by atoms with Gasteiger partial charge >= 0.3 is 0 Å². The molecule has 2 aliphatic heterocycles. The normalized spacial score (nSPS) is 27.3. The summed E-state index contributed by atoms with van der Waals surface area (Å²) in [7, 11) is 0. The minimum atomic E-state index is -0.389. The van der Waals surface area contributed by atoms with Gasteiger partial charge in [-0.2, -0.15) is 0 Å². The Morgan fingerprint density at radius 3 is 2.59 bits per heavy atom. The van der Waals surface area contributed by atoms with Crippen molar-refractivity contribution in [2.45, 2.75) is 70.9 Å². The Hall–Kier alpha value is -2.11. The molecule has 2 amide bonds. The van der Waals surface area contributed by atoms with Crippen LogP contribution < -0.4 is 10.6 Å². The van der Waals surface area contributed by atoms with Crippen LogP contribution in [-0.4, -0.2) is 41.9 Å². The lowest BCUT2D eigenvalue weighted by Crippen LogP contribution is -2.47. The highest BCUT2D eigenvalue weighted by atomic mass is 19.1. The van der Waals surface area contributed by atoms with Crippen LogP contribution in [0.3, 0.4) is 0 Å². The zero-order valence-corrected chi connectivity index (χ0v) is 17.5. The average molecular weight is 402 g/mol. The third-order valence-corrected chi connectivity index (χ3v) is 7.22. The molecule has 0 radical (unpaired) electrons. The number of carbonyl (C=O) groups excluding carboxylic acids is 2. The number of fused-ring (bicyclic) bond motifs is 1. The van der Waals surface area contributed by atoms with Gasteiger partial charge in [-0.3, -0.25) is 9.59 Å². The Kier molecular flexibility index (Phi) is 5.79. The Labute approximate surface area is 172 Å². The number of halogens is 1. The zero-order chi connectivity index (χ0) is 20.5. The largest absolute Gasteiger partial charge is 0.373 e. The van der Waals surface area contributed by atoms with Gasteiger partial charge in [-0.25, -0.2) is 4.39 Å². The molecule has 3 atom stereocenters. The molecule has 1 aromatic carbocycles. The molecule has 0 aromatic heterocycles. The van der Waals surface area contributed by atoms with Crippen LogP contribution in [0.25, 0.3) is 0 Å². The number of rotatable bonds is 3. The van der Waals surface area contributed by atoms with E-state index in [0.717, 1.165) is 56.4 Å². The van der Waals surface area contributed by atoms with Gasteiger partial charge in [0.15, 0.2) is 0 Å². The third kappa shape index (κ3) is 4.26. The van der Waals surface area contributed by atoms with Gasteiger partial charge in [0.2, 0.25) is 11.8 Å². The average Bonchev–Trinajstić information content (AvgIpc) is 3.18. The van der Waals surface area contributed by atoms with Crippen molar-refractivity contribution < 1.29 is 14.0 Å². The van der Waals surface area contributed by atoms with Crippen LogP contribution in [0.15, 0.2) is 12.1 Å². The molecular formula is C23H32FN3O2. The summed E-state index contributed by atoms with van der Waals surface area (Å²) in [4.78, 5) is 26.4. The van der Waals surface area contributed by atoms with Gasteiger partial charge < -0.3 is 15.5 Å². The van der Waals surface area contributed by atoms with Gasteiger partial charge in [-0.15, -0.1) is 0 Å². The number of carbonyl (C=O) groups is 2. The fraction of sp³-hybridized carbons (Fsp3) is 0.652. The molecule has 1 aromatic rings. The van der Waals surface area contributed by atoms with E-state index in [2.05, 4.69) is 10.6 Å². The van der Waals surface area contributed by atoms with Crippen LogP contribution in [0, 0.1) is 24.6 Å². The molecule has 2 heterocycles. The Bertz CT molecular complexity index is 758. The van der Waals surface area contributed by atoms with Crippen molar-refractivity contribution >= 4 is 17.5 Å². The van der Waals surface area contributed by atoms with E-state index >= 15 is 0 Å². The summed E-state index contributed by atoms with van der Waals surface area (Å²) in [6, 6.07) is 3.05. The lowest BCUT2D eigenvalue weighted by molar-refractivity contribution is -0.130. The van der Waals surface area contributed by atoms with Crippen molar-refractivity contribution in [1.82, 2.24) is 10.2 Å². The summed E-state index contributed by atoms with van der Waals surface area (Å²) in [5.74, 6) is 1.20. The fourth-order valence-corrected chi connectivity index (χ4v) is 5.50. The highest BCUT2D eigenvalue weighted by molar-refractivity contribution is 5.88. The summed E-state index contributed by atoms with van der Waals surface area (Å²) in [5, 5.41) is 6.48. The summed E-state index contributed by atoms with van der Waals surface area (Å²) >= 11 is 0. The van der Waals surface area contributed by atoms with Gasteiger partial charge in [0, 0.05) is 43.7 Å². The first-order chi connectivity index (χ1) is 13.9. The van der Waals surface area contributed by atoms with Crippen LogP contribution in [0.4, 0.5) is 10.1 Å². The number of piperidine rings is 1. The maximum Gasteiger partial charge on any atom is 0.243 e. The Balaban J connectivity index is 1.31. The Morgan fingerprint density at radius 1 is 1.14 bits per heavy atom. The molecule has 2 fully saturated rings. The molecule has 6 heteroatoms. The van der Waals surface area contributed by atoms with Gasteiger partial charge in [0.25, 0.3) is 0 Å². The summed E-state index contributed by atoms with van der Waals surface area (Å²) in [5.41, 5.74) is 2.39. The number of aryl methyl sites for hydroxylation is 1. The number of amides is 2. The number of benzene rings is 1.